The van der Waals surface area contributed by atoms with E-state index in [1.54, 1.807) is 0 Å². The summed E-state index contributed by atoms with van der Waals surface area (Å²) in [6.45, 7) is 0. The van der Waals surface area contributed by atoms with Crippen LogP contribution in [0.2, 0.25) is 0 Å². The number of rotatable bonds is 2. The second-order valence-electron chi connectivity index (χ2n) is 2.96. The third-order valence-corrected chi connectivity index (χ3v) is 1.82. The van der Waals surface area contributed by atoms with Gasteiger partial charge in [-0.1, -0.05) is 0 Å². The van der Waals surface area contributed by atoms with Crippen LogP contribution in [0.1, 0.15) is 21.0 Å². The average Bonchev–Trinajstić information content (AvgIpc) is 2.40. The van der Waals surface area contributed by atoms with Crippen molar-refractivity contribution < 1.29 is 9.59 Å². The number of aromatic nitrogens is 4. The zero-order valence-corrected chi connectivity index (χ0v) is 8.57. The molecule has 0 spiro atoms. The minimum Gasteiger partial charge on any atom is -0.285 e. The molecule has 0 saturated carbocycles. The van der Waals surface area contributed by atoms with E-state index in [9.17, 15) is 9.59 Å². The van der Waals surface area contributed by atoms with Gasteiger partial charge in [0.2, 0.25) is 0 Å². The number of nitrogens with one attached hydrogen (secondary N) is 1. The molecule has 0 aliphatic carbocycles. The number of hydrogen-bond acceptors (Lipinski definition) is 6. The van der Waals surface area contributed by atoms with E-state index < -0.39 is 11.8 Å². The summed E-state index contributed by atoms with van der Waals surface area (Å²) in [5.74, 6) is -1.26. The van der Waals surface area contributed by atoms with E-state index in [0.717, 1.165) is 0 Å². The van der Waals surface area contributed by atoms with Crippen molar-refractivity contribution in [1.29, 1.82) is 0 Å². The molecule has 0 unspecified atom stereocenters. The minimum absolute atomic E-state index is 0.0599. The molecule has 2 aromatic rings. The van der Waals surface area contributed by atoms with Crippen LogP contribution in [0.5, 0.6) is 0 Å². The molecule has 0 fully saturated rings. The van der Waals surface area contributed by atoms with Crippen molar-refractivity contribution in [3.63, 3.8) is 0 Å². The SMILES string of the molecule is O=C(NC(=O)c1cnccn1)c1cnccn1. The average molecular weight is 229 g/mol. The van der Waals surface area contributed by atoms with Crippen LogP contribution < -0.4 is 5.32 Å². The zero-order valence-electron chi connectivity index (χ0n) is 8.57. The van der Waals surface area contributed by atoms with E-state index in [1.807, 2.05) is 0 Å². The molecular formula is C10H7N5O2. The third kappa shape index (κ3) is 2.65. The second-order valence-corrected chi connectivity index (χ2v) is 2.96. The Labute approximate surface area is 96.0 Å². The standard InChI is InChI=1S/C10H7N5O2/c16-9(7-5-11-1-3-13-7)15-10(17)8-6-12-2-4-14-8/h1-6H,(H,15,16,17). The smallest absolute Gasteiger partial charge is 0.278 e. The highest BCUT2D eigenvalue weighted by atomic mass is 16.2. The lowest BCUT2D eigenvalue weighted by atomic mass is 10.3. The Kier molecular flexibility index (Phi) is 3.10. The van der Waals surface area contributed by atoms with Crippen molar-refractivity contribution in [3.8, 4) is 0 Å². The van der Waals surface area contributed by atoms with Gasteiger partial charge in [0.1, 0.15) is 11.4 Å². The van der Waals surface area contributed by atoms with E-state index >= 15 is 0 Å². The van der Waals surface area contributed by atoms with Crippen LogP contribution >= 0.6 is 0 Å². The maximum absolute atomic E-state index is 11.5. The summed E-state index contributed by atoms with van der Waals surface area (Å²) in [4.78, 5) is 38.1. The molecule has 17 heavy (non-hydrogen) atoms. The Morgan fingerprint density at radius 3 is 1.65 bits per heavy atom. The monoisotopic (exact) mass is 229 g/mol. The molecular weight excluding hydrogens is 222 g/mol. The predicted octanol–water partition coefficient (Wildman–Crippen LogP) is -0.163. The Morgan fingerprint density at radius 1 is 0.824 bits per heavy atom. The topological polar surface area (TPSA) is 97.7 Å². The van der Waals surface area contributed by atoms with Gasteiger partial charge in [-0.3, -0.25) is 24.9 Å². The summed E-state index contributed by atoms with van der Waals surface area (Å²) in [7, 11) is 0. The van der Waals surface area contributed by atoms with Gasteiger partial charge in [-0.05, 0) is 0 Å². The van der Waals surface area contributed by atoms with Crippen LogP contribution in [0.4, 0.5) is 0 Å². The van der Waals surface area contributed by atoms with E-state index in [1.165, 1.54) is 37.2 Å². The van der Waals surface area contributed by atoms with Crippen molar-refractivity contribution in [2.45, 2.75) is 0 Å². The van der Waals surface area contributed by atoms with Gasteiger partial charge in [0.15, 0.2) is 0 Å². The van der Waals surface area contributed by atoms with Gasteiger partial charge in [-0.25, -0.2) is 9.97 Å². The predicted molar refractivity (Wildman–Crippen MR) is 55.9 cm³/mol. The highest BCUT2D eigenvalue weighted by Crippen LogP contribution is 1.93. The Bertz CT molecular complexity index is 479. The maximum atomic E-state index is 11.5. The molecule has 0 saturated heterocycles. The minimum atomic E-state index is -0.631. The molecule has 7 heteroatoms. The first-order chi connectivity index (χ1) is 8.27. The zero-order chi connectivity index (χ0) is 12.1. The van der Waals surface area contributed by atoms with Crippen molar-refractivity contribution in [1.82, 2.24) is 25.3 Å². The fourth-order valence-electron chi connectivity index (χ4n) is 1.06. The van der Waals surface area contributed by atoms with Crippen molar-refractivity contribution in [2.75, 3.05) is 0 Å². The number of nitrogens with zero attached hydrogens (tertiary/aromatic N) is 4. The van der Waals surface area contributed by atoms with E-state index in [4.69, 9.17) is 0 Å². The van der Waals surface area contributed by atoms with Crippen LogP contribution in [-0.4, -0.2) is 31.8 Å². The van der Waals surface area contributed by atoms with Crippen LogP contribution in [0.25, 0.3) is 0 Å². The molecule has 0 aliphatic heterocycles. The largest absolute Gasteiger partial charge is 0.285 e. The van der Waals surface area contributed by atoms with Crippen LogP contribution in [-0.2, 0) is 0 Å². The molecule has 0 radical (unpaired) electrons. The lowest BCUT2D eigenvalue weighted by Crippen LogP contribution is -2.31. The van der Waals surface area contributed by atoms with Crippen molar-refractivity contribution in [2.24, 2.45) is 0 Å². The molecule has 7 nitrogen and oxygen atoms in total. The first kappa shape index (κ1) is 10.8. The number of hydrogen-bond donors (Lipinski definition) is 1. The van der Waals surface area contributed by atoms with Gasteiger partial charge >= 0.3 is 0 Å². The number of imide groups is 1. The summed E-state index contributed by atoms with van der Waals surface area (Å²) >= 11 is 0. The number of carbonyl (C=O) groups is 2. The summed E-state index contributed by atoms with van der Waals surface area (Å²) in [5, 5.41) is 2.13. The molecule has 2 amide bonds. The quantitative estimate of drug-likeness (QED) is 0.718. The van der Waals surface area contributed by atoms with Crippen molar-refractivity contribution in [3.05, 3.63) is 48.6 Å². The Hall–Kier alpha value is -2.70. The van der Waals surface area contributed by atoms with Gasteiger partial charge in [0.25, 0.3) is 11.8 Å². The van der Waals surface area contributed by atoms with Gasteiger partial charge in [-0.15, -0.1) is 0 Å². The van der Waals surface area contributed by atoms with E-state index in [0.29, 0.717) is 0 Å². The highest BCUT2D eigenvalue weighted by molar-refractivity contribution is 6.08. The summed E-state index contributed by atoms with van der Waals surface area (Å²) in [6.07, 6.45) is 8.12. The highest BCUT2D eigenvalue weighted by Gasteiger charge is 2.13. The maximum Gasteiger partial charge on any atom is 0.278 e. The number of carbonyl (C=O) groups excluding carboxylic acids is 2. The van der Waals surface area contributed by atoms with E-state index in [2.05, 4.69) is 25.3 Å². The molecule has 2 aromatic heterocycles. The van der Waals surface area contributed by atoms with Crippen LogP contribution in [0, 0.1) is 0 Å². The molecule has 0 aliphatic rings. The lowest BCUT2D eigenvalue weighted by molar-refractivity contribution is 0.0843. The summed E-state index contributed by atoms with van der Waals surface area (Å²) in [5.41, 5.74) is 0.120. The fraction of sp³-hybridized carbons (Fsp3) is 0. The third-order valence-electron chi connectivity index (χ3n) is 1.82. The van der Waals surface area contributed by atoms with Gasteiger partial charge in [0, 0.05) is 24.8 Å². The van der Waals surface area contributed by atoms with Gasteiger partial charge in [0.05, 0.1) is 12.4 Å². The lowest BCUT2D eigenvalue weighted by Gasteiger charge is -2.01. The van der Waals surface area contributed by atoms with Gasteiger partial charge in [-0.2, -0.15) is 0 Å². The normalized spacial score (nSPS) is 9.65. The van der Waals surface area contributed by atoms with Gasteiger partial charge < -0.3 is 0 Å². The first-order valence-corrected chi connectivity index (χ1v) is 4.65. The fourth-order valence-corrected chi connectivity index (χ4v) is 1.06. The number of amides is 2. The Balaban J connectivity index is 2.08. The molecule has 2 heterocycles. The molecule has 1 N–H and O–H groups in total. The van der Waals surface area contributed by atoms with Crippen LogP contribution in [0.15, 0.2) is 37.2 Å². The summed E-state index contributed by atoms with van der Waals surface area (Å²) in [6, 6.07) is 0. The van der Waals surface area contributed by atoms with E-state index in [-0.39, 0.29) is 11.4 Å². The molecule has 0 bridgehead atoms. The molecule has 0 atom stereocenters. The van der Waals surface area contributed by atoms with Crippen LogP contribution in [0.3, 0.4) is 0 Å². The molecule has 0 aromatic carbocycles. The first-order valence-electron chi connectivity index (χ1n) is 4.65. The Morgan fingerprint density at radius 2 is 1.29 bits per heavy atom. The summed E-state index contributed by atoms with van der Waals surface area (Å²) < 4.78 is 0. The second kappa shape index (κ2) is 4.88. The molecule has 2 rings (SSSR count). The van der Waals surface area contributed by atoms with Crippen molar-refractivity contribution >= 4 is 11.8 Å². The molecule has 84 valence electrons.